The summed E-state index contributed by atoms with van der Waals surface area (Å²) in [5.41, 5.74) is -2.07. The monoisotopic (exact) mass is 288 g/mol. The molecular weight excluding hydrogens is 277 g/mol. The molecule has 20 heavy (non-hydrogen) atoms. The van der Waals surface area contributed by atoms with E-state index in [9.17, 15) is 18.0 Å². The number of aromatic nitrogens is 4. The molecule has 0 bridgehead atoms. The number of fused-ring (bicyclic) bond motifs is 1. The van der Waals surface area contributed by atoms with Crippen LogP contribution in [-0.2, 0) is 6.18 Å². The first-order valence-corrected chi connectivity index (χ1v) is 5.98. The van der Waals surface area contributed by atoms with Crippen molar-refractivity contribution in [3.8, 4) is 0 Å². The quantitative estimate of drug-likeness (QED) is 0.763. The Labute approximate surface area is 110 Å². The fourth-order valence-electron chi connectivity index (χ4n) is 2.03. The van der Waals surface area contributed by atoms with Gasteiger partial charge in [-0.2, -0.15) is 22.7 Å². The van der Waals surface area contributed by atoms with Gasteiger partial charge in [0.05, 0.1) is 0 Å². The zero-order chi connectivity index (χ0) is 14.3. The van der Waals surface area contributed by atoms with Crippen LogP contribution < -0.4 is 15.8 Å². The van der Waals surface area contributed by atoms with Crippen molar-refractivity contribution in [2.24, 2.45) is 0 Å². The van der Waals surface area contributed by atoms with Gasteiger partial charge in [0.1, 0.15) is 0 Å². The van der Waals surface area contributed by atoms with E-state index in [1.807, 2.05) is 4.90 Å². The van der Waals surface area contributed by atoms with Crippen molar-refractivity contribution >= 4 is 11.7 Å². The van der Waals surface area contributed by atoms with Gasteiger partial charge in [0.2, 0.25) is 5.95 Å². The number of aromatic amines is 1. The molecule has 3 heterocycles. The highest BCUT2D eigenvalue weighted by molar-refractivity contribution is 5.40. The number of halogens is 3. The van der Waals surface area contributed by atoms with Crippen LogP contribution >= 0.6 is 0 Å². The topological polar surface area (TPSA) is 78.3 Å². The molecule has 108 valence electrons. The third-order valence-electron chi connectivity index (χ3n) is 3.03. The lowest BCUT2D eigenvalue weighted by Gasteiger charge is -2.26. The molecule has 0 aliphatic carbocycles. The summed E-state index contributed by atoms with van der Waals surface area (Å²) in [4.78, 5) is 20.9. The fraction of sp³-hybridized carbons (Fsp3) is 0.500. The molecule has 1 fully saturated rings. The maximum Gasteiger partial charge on any atom is 0.433 e. The van der Waals surface area contributed by atoms with Gasteiger partial charge in [0, 0.05) is 32.2 Å². The molecule has 0 amide bonds. The van der Waals surface area contributed by atoms with Crippen molar-refractivity contribution in [3.63, 3.8) is 0 Å². The summed E-state index contributed by atoms with van der Waals surface area (Å²) >= 11 is 0. The van der Waals surface area contributed by atoms with Crippen LogP contribution in [0.3, 0.4) is 0 Å². The van der Waals surface area contributed by atoms with Gasteiger partial charge in [0.25, 0.3) is 11.3 Å². The number of nitrogens with one attached hydrogen (secondary N) is 2. The minimum Gasteiger partial charge on any atom is -0.339 e. The predicted molar refractivity (Wildman–Crippen MR) is 63.7 cm³/mol. The summed E-state index contributed by atoms with van der Waals surface area (Å²) in [5.74, 6) is 0.0637. The van der Waals surface area contributed by atoms with Gasteiger partial charge in [-0.3, -0.25) is 9.89 Å². The zero-order valence-corrected chi connectivity index (χ0v) is 10.2. The number of nitrogens with zero attached hydrogens (tertiary/aromatic N) is 4. The lowest BCUT2D eigenvalue weighted by atomic mass is 10.4. The standard InChI is InChI=1S/C10H11F3N6O/c11-10(12,13)6-5-7(20)19-8(15-6)16-9(17-19)18-3-1-14-2-4-18/h5,14H,1-4H2,(H,15,16,17). The van der Waals surface area contributed by atoms with Gasteiger partial charge in [-0.25, -0.2) is 4.98 Å². The van der Waals surface area contributed by atoms with E-state index in [1.54, 1.807) is 0 Å². The number of rotatable bonds is 1. The molecule has 0 spiro atoms. The fourth-order valence-corrected chi connectivity index (χ4v) is 2.03. The zero-order valence-electron chi connectivity index (χ0n) is 10.2. The Bertz CT molecular complexity index is 684. The van der Waals surface area contributed by atoms with E-state index in [1.165, 1.54) is 0 Å². The highest BCUT2D eigenvalue weighted by atomic mass is 19.4. The Morgan fingerprint density at radius 3 is 2.55 bits per heavy atom. The van der Waals surface area contributed by atoms with Crippen LogP contribution in [0.5, 0.6) is 0 Å². The maximum absolute atomic E-state index is 12.6. The number of hydrogen-bond acceptors (Lipinski definition) is 5. The van der Waals surface area contributed by atoms with E-state index in [2.05, 4.69) is 20.4 Å². The summed E-state index contributed by atoms with van der Waals surface area (Å²) in [6.07, 6.45) is -4.66. The first kappa shape index (κ1) is 12.9. The van der Waals surface area contributed by atoms with Gasteiger partial charge >= 0.3 is 6.18 Å². The molecule has 0 unspecified atom stereocenters. The third kappa shape index (κ3) is 2.22. The van der Waals surface area contributed by atoms with Crippen LogP contribution in [0, 0.1) is 0 Å². The number of hydrogen-bond donors (Lipinski definition) is 2. The molecule has 1 aliphatic rings. The first-order chi connectivity index (χ1) is 9.45. The summed E-state index contributed by atoms with van der Waals surface area (Å²) in [7, 11) is 0. The average Bonchev–Trinajstić information content (AvgIpc) is 2.83. The predicted octanol–water partition coefficient (Wildman–Crippen LogP) is -0.154. The molecule has 2 aromatic rings. The van der Waals surface area contributed by atoms with Gasteiger partial charge < -0.3 is 10.2 Å². The minimum atomic E-state index is -4.66. The Kier molecular flexibility index (Phi) is 2.89. The second-order valence-electron chi connectivity index (χ2n) is 4.40. The van der Waals surface area contributed by atoms with Gasteiger partial charge in [-0.15, -0.1) is 0 Å². The van der Waals surface area contributed by atoms with Crippen molar-refractivity contribution in [1.29, 1.82) is 0 Å². The number of piperazine rings is 1. The van der Waals surface area contributed by atoms with E-state index in [4.69, 9.17) is 0 Å². The second-order valence-corrected chi connectivity index (χ2v) is 4.40. The summed E-state index contributed by atoms with van der Waals surface area (Å²) in [6.45, 7) is 2.79. The van der Waals surface area contributed by atoms with Crippen LogP contribution in [0.1, 0.15) is 5.69 Å². The van der Waals surface area contributed by atoms with Crippen molar-refractivity contribution in [2.45, 2.75) is 6.18 Å². The lowest BCUT2D eigenvalue weighted by Crippen LogP contribution is -2.44. The summed E-state index contributed by atoms with van der Waals surface area (Å²) < 4.78 is 38.7. The first-order valence-electron chi connectivity index (χ1n) is 5.98. The van der Waals surface area contributed by atoms with Crippen molar-refractivity contribution < 1.29 is 13.2 Å². The Morgan fingerprint density at radius 1 is 1.20 bits per heavy atom. The Hall–Kier alpha value is -2.10. The van der Waals surface area contributed by atoms with E-state index in [0.29, 0.717) is 25.1 Å². The number of alkyl halides is 3. The average molecular weight is 288 g/mol. The Morgan fingerprint density at radius 2 is 1.90 bits per heavy atom. The molecule has 0 radical (unpaired) electrons. The number of H-pyrrole nitrogens is 1. The van der Waals surface area contributed by atoms with Crippen LogP contribution in [-0.4, -0.2) is 45.8 Å². The van der Waals surface area contributed by atoms with Crippen LogP contribution in [0.15, 0.2) is 10.9 Å². The Balaban J connectivity index is 2.06. The lowest BCUT2D eigenvalue weighted by molar-refractivity contribution is -0.141. The van der Waals surface area contributed by atoms with Crippen LogP contribution in [0.25, 0.3) is 5.78 Å². The molecule has 3 rings (SSSR count). The normalized spacial score (nSPS) is 16.9. The molecule has 0 aromatic carbocycles. The second kappa shape index (κ2) is 4.47. The SMILES string of the molecule is O=c1cc(C(F)(F)F)nc2nc(N3CCNCC3)[nH]n12. The molecule has 7 nitrogen and oxygen atoms in total. The number of anilines is 1. The van der Waals surface area contributed by atoms with E-state index in [-0.39, 0.29) is 5.78 Å². The highest BCUT2D eigenvalue weighted by Crippen LogP contribution is 2.26. The largest absolute Gasteiger partial charge is 0.433 e. The molecule has 2 N–H and O–H groups in total. The third-order valence-corrected chi connectivity index (χ3v) is 3.03. The molecule has 0 saturated carbocycles. The highest BCUT2D eigenvalue weighted by Gasteiger charge is 2.34. The van der Waals surface area contributed by atoms with E-state index >= 15 is 0 Å². The van der Waals surface area contributed by atoms with Crippen LogP contribution in [0.2, 0.25) is 0 Å². The van der Waals surface area contributed by atoms with Crippen molar-refractivity contribution in [3.05, 3.63) is 22.1 Å². The summed E-state index contributed by atoms with van der Waals surface area (Å²) in [5, 5.41) is 5.82. The molecule has 1 aliphatic heterocycles. The molecular formula is C10H11F3N6O. The maximum atomic E-state index is 12.6. The van der Waals surface area contributed by atoms with E-state index in [0.717, 1.165) is 17.6 Å². The van der Waals surface area contributed by atoms with Gasteiger partial charge in [-0.05, 0) is 0 Å². The van der Waals surface area contributed by atoms with Crippen molar-refractivity contribution in [1.82, 2.24) is 24.9 Å². The minimum absolute atomic E-state index is 0.279. The summed E-state index contributed by atoms with van der Waals surface area (Å²) in [6, 6.07) is 0.451. The molecule has 10 heteroatoms. The molecule has 0 atom stereocenters. The molecule has 1 saturated heterocycles. The van der Waals surface area contributed by atoms with Gasteiger partial charge in [-0.1, -0.05) is 0 Å². The smallest absolute Gasteiger partial charge is 0.339 e. The van der Waals surface area contributed by atoms with Gasteiger partial charge in [0.15, 0.2) is 5.69 Å². The van der Waals surface area contributed by atoms with Crippen LogP contribution in [0.4, 0.5) is 19.1 Å². The van der Waals surface area contributed by atoms with Crippen molar-refractivity contribution in [2.75, 3.05) is 31.1 Å². The molecule has 2 aromatic heterocycles. The van der Waals surface area contributed by atoms with E-state index < -0.39 is 17.4 Å².